The number of anilines is 3. The Morgan fingerprint density at radius 1 is 0.788 bits per heavy atom. The zero-order valence-electron chi connectivity index (χ0n) is 29.3. The summed E-state index contributed by atoms with van der Waals surface area (Å²) in [5.74, 6) is -1.70. The van der Waals surface area contributed by atoms with Gasteiger partial charge in [0, 0.05) is 63.5 Å². The van der Waals surface area contributed by atoms with Gasteiger partial charge in [-0.15, -0.1) is 0 Å². The molecule has 52 heavy (non-hydrogen) atoms. The van der Waals surface area contributed by atoms with Crippen molar-refractivity contribution >= 4 is 46.7 Å². The number of amides is 5. The molecule has 0 bridgehead atoms. The molecule has 5 aliphatic rings. The molecule has 4 saturated heterocycles. The minimum absolute atomic E-state index is 0.0968. The highest BCUT2D eigenvalue weighted by Gasteiger charge is 2.45. The molecule has 2 aromatic carbocycles. The van der Waals surface area contributed by atoms with Crippen LogP contribution in [0.4, 0.5) is 17.2 Å². The van der Waals surface area contributed by atoms with Gasteiger partial charge in [0.1, 0.15) is 17.6 Å². The molecule has 1 aromatic heterocycles. The molecule has 270 valence electrons. The van der Waals surface area contributed by atoms with Crippen molar-refractivity contribution in [3.05, 3.63) is 76.7 Å². The lowest BCUT2D eigenvalue weighted by atomic mass is 9.71. The Labute approximate surface area is 302 Å². The summed E-state index contributed by atoms with van der Waals surface area (Å²) in [4.78, 5) is 80.0. The smallest absolute Gasteiger partial charge is 0.269 e. The number of fused-ring (bicyclic) bond motifs is 1. The van der Waals surface area contributed by atoms with E-state index in [2.05, 4.69) is 49.3 Å². The minimum atomic E-state index is -0.967. The number of primary amides is 1. The molecule has 1 atom stereocenters. The maximum absolute atomic E-state index is 13.4. The van der Waals surface area contributed by atoms with Gasteiger partial charge in [-0.2, -0.15) is 0 Å². The summed E-state index contributed by atoms with van der Waals surface area (Å²) in [6.45, 7) is 5.56. The third-order valence-electron chi connectivity index (χ3n) is 11.9. The third-order valence-corrected chi connectivity index (χ3v) is 11.9. The Kier molecular flexibility index (Phi) is 8.88. The zero-order valence-corrected chi connectivity index (χ0v) is 29.3. The van der Waals surface area contributed by atoms with Gasteiger partial charge in [0.15, 0.2) is 0 Å². The SMILES string of the molecule is NC(=O)c1ncc(N2CCCCC2)nc1Cc1ccc(N2CCC3(CC2)CCN(c2ccc4c(c2)C(=O)N(C2CCC(=O)NC2=O)C4=O)CC3)cc1. The number of benzene rings is 2. The lowest BCUT2D eigenvalue weighted by Gasteiger charge is -2.48. The van der Waals surface area contributed by atoms with Crippen LogP contribution in [0.3, 0.4) is 0 Å². The molecule has 8 rings (SSSR count). The van der Waals surface area contributed by atoms with Crippen molar-refractivity contribution in [2.45, 2.75) is 70.3 Å². The molecule has 0 radical (unpaired) electrons. The van der Waals surface area contributed by atoms with Gasteiger partial charge in [0.2, 0.25) is 11.8 Å². The summed E-state index contributed by atoms with van der Waals surface area (Å²) < 4.78 is 0. The van der Waals surface area contributed by atoms with Gasteiger partial charge in [-0.05, 0) is 92.7 Å². The van der Waals surface area contributed by atoms with Crippen LogP contribution >= 0.6 is 0 Å². The Morgan fingerprint density at radius 3 is 2.08 bits per heavy atom. The summed E-state index contributed by atoms with van der Waals surface area (Å²) in [6, 6.07) is 12.9. The molecule has 3 N–H and O–H groups in total. The minimum Gasteiger partial charge on any atom is -0.371 e. The van der Waals surface area contributed by atoms with Crippen LogP contribution in [-0.4, -0.2) is 89.7 Å². The first-order chi connectivity index (χ1) is 25.2. The van der Waals surface area contributed by atoms with Crippen molar-refractivity contribution in [3.63, 3.8) is 0 Å². The summed E-state index contributed by atoms with van der Waals surface area (Å²) in [6.07, 6.45) is 10.2. The van der Waals surface area contributed by atoms with Crippen molar-refractivity contribution in [3.8, 4) is 0 Å². The number of aromatic nitrogens is 2. The summed E-state index contributed by atoms with van der Waals surface area (Å²) in [5.41, 5.74) is 10.5. The van der Waals surface area contributed by atoms with Gasteiger partial charge in [0.05, 0.1) is 23.0 Å². The van der Waals surface area contributed by atoms with Gasteiger partial charge >= 0.3 is 0 Å². The van der Waals surface area contributed by atoms with E-state index in [0.717, 1.165) is 99.8 Å². The number of rotatable bonds is 7. The number of hydrogen-bond acceptors (Lipinski definition) is 10. The highest BCUT2D eigenvalue weighted by Crippen LogP contribution is 2.43. The van der Waals surface area contributed by atoms with Gasteiger partial charge in [-0.3, -0.25) is 34.2 Å². The molecule has 1 unspecified atom stereocenters. The standard InChI is InChI=1S/C39H44N8O5/c40-35(49)34-30(42-32(24-41-34)46-16-2-1-3-17-46)22-25-4-6-26(7-5-25)44-18-12-39(13-19-44)14-20-45(21-15-39)27-8-9-28-29(23-27)38(52)47(37(28)51)31-10-11-33(48)43-36(31)50/h4-9,23-24,31H,1-3,10-22H2,(H2,40,49)(H,43,48,50). The lowest BCUT2D eigenvalue weighted by Crippen LogP contribution is -2.54. The number of piperidine rings is 4. The summed E-state index contributed by atoms with van der Waals surface area (Å²) in [7, 11) is 0. The second-order valence-electron chi connectivity index (χ2n) is 14.9. The number of nitrogens with two attached hydrogens (primary N) is 1. The Bertz CT molecular complexity index is 1920. The maximum Gasteiger partial charge on any atom is 0.269 e. The van der Waals surface area contributed by atoms with Crippen LogP contribution in [0.1, 0.15) is 100 Å². The number of carbonyl (C=O) groups is 5. The molecule has 6 heterocycles. The maximum atomic E-state index is 13.4. The molecule has 5 aliphatic heterocycles. The second kappa shape index (κ2) is 13.7. The van der Waals surface area contributed by atoms with E-state index >= 15 is 0 Å². The Hall–Kier alpha value is -5.33. The molecule has 0 aliphatic carbocycles. The second-order valence-corrected chi connectivity index (χ2v) is 14.9. The van der Waals surface area contributed by atoms with Crippen molar-refractivity contribution in [1.82, 2.24) is 20.2 Å². The Balaban J connectivity index is 0.868. The molecule has 3 aromatic rings. The van der Waals surface area contributed by atoms with Gasteiger partial charge in [-0.25, -0.2) is 9.97 Å². The number of hydrogen-bond donors (Lipinski definition) is 2. The molecule has 4 fully saturated rings. The fraction of sp³-hybridized carbons (Fsp3) is 0.462. The highest BCUT2D eigenvalue weighted by molar-refractivity contribution is 6.23. The van der Waals surface area contributed by atoms with Crippen molar-refractivity contribution in [2.24, 2.45) is 11.1 Å². The fourth-order valence-corrected chi connectivity index (χ4v) is 8.67. The Morgan fingerprint density at radius 2 is 1.42 bits per heavy atom. The van der Waals surface area contributed by atoms with E-state index < -0.39 is 29.7 Å². The average molecular weight is 705 g/mol. The van der Waals surface area contributed by atoms with E-state index in [-0.39, 0.29) is 29.9 Å². The molecular weight excluding hydrogens is 660 g/mol. The van der Waals surface area contributed by atoms with Crippen LogP contribution in [0.15, 0.2) is 48.7 Å². The quantitative estimate of drug-likeness (QED) is 0.349. The van der Waals surface area contributed by atoms with Crippen LogP contribution in [0.25, 0.3) is 0 Å². The van der Waals surface area contributed by atoms with E-state index in [4.69, 9.17) is 10.7 Å². The van der Waals surface area contributed by atoms with Gasteiger partial charge < -0.3 is 20.4 Å². The largest absolute Gasteiger partial charge is 0.371 e. The highest BCUT2D eigenvalue weighted by atomic mass is 16.2. The van der Waals surface area contributed by atoms with Crippen molar-refractivity contribution in [1.29, 1.82) is 0 Å². The predicted octanol–water partition coefficient (Wildman–Crippen LogP) is 3.44. The molecule has 1 spiro atoms. The van der Waals surface area contributed by atoms with Crippen LogP contribution in [0, 0.1) is 5.41 Å². The van der Waals surface area contributed by atoms with Crippen LogP contribution in [-0.2, 0) is 16.0 Å². The predicted molar refractivity (Wildman–Crippen MR) is 194 cm³/mol. The number of nitrogens with one attached hydrogen (secondary N) is 1. The van der Waals surface area contributed by atoms with Crippen LogP contribution in [0.5, 0.6) is 0 Å². The van der Waals surface area contributed by atoms with E-state index in [1.165, 1.54) is 12.1 Å². The number of imide groups is 2. The molecule has 5 amide bonds. The number of nitrogens with zero attached hydrogens (tertiary/aromatic N) is 6. The molecule has 13 nitrogen and oxygen atoms in total. The number of carbonyl (C=O) groups excluding carboxylic acids is 5. The van der Waals surface area contributed by atoms with E-state index in [0.29, 0.717) is 23.2 Å². The summed E-state index contributed by atoms with van der Waals surface area (Å²) >= 11 is 0. The first-order valence-electron chi connectivity index (χ1n) is 18.5. The summed E-state index contributed by atoms with van der Waals surface area (Å²) in [5, 5.41) is 2.25. The van der Waals surface area contributed by atoms with Crippen molar-refractivity contribution in [2.75, 3.05) is 54.0 Å². The normalized spacial score (nSPS) is 21.8. The van der Waals surface area contributed by atoms with Crippen molar-refractivity contribution < 1.29 is 24.0 Å². The molecule has 0 saturated carbocycles. The monoisotopic (exact) mass is 704 g/mol. The topological polar surface area (TPSA) is 162 Å². The van der Waals surface area contributed by atoms with E-state index in [1.54, 1.807) is 18.3 Å². The van der Waals surface area contributed by atoms with Crippen LogP contribution in [0.2, 0.25) is 0 Å². The van der Waals surface area contributed by atoms with Gasteiger partial charge in [-0.1, -0.05) is 12.1 Å². The van der Waals surface area contributed by atoms with E-state index in [9.17, 15) is 24.0 Å². The third kappa shape index (κ3) is 6.37. The average Bonchev–Trinajstić information content (AvgIpc) is 3.41. The lowest BCUT2D eigenvalue weighted by molar-refractivity contribution is -0.136. The van der Waals surface area contributed by atoms with Gasteiger partial charge in [0.25, 0.3) is 17.7 Å². The molecule has 13 heteroatoms. The molecular formula is C39H44N8O5. The van der Waals surface area contributed by atoms with E-state index in [1.807, 2.05) is 6.07 Å². The van der Waals surface area contributed by atoms with Crippen LogP contribution < -0.4 is 25.8 Å². The fourth-order valence-electron chi connectivity index (χ4n) is 8.67. The first kappa shape index (κ1) is 33.8. The first-order valence-corrected chi connectivity index (χ1v) is 18.5. The zero-order chi connectivity index (χ0) is 36.0.